The van der Waals surface area contributed by atoms with Crippen LogP contribution in [-0.4, -0.2) is 106 Å². The first-order chi connectivity index (χ1) is 14.4. The molecular formula is C20H30O10. The van der Waals surface area contributed by atoms with Crippen LogP contribution >= 0.6 is 0 Å². The average molecular weight is 430 g/mol. The standard InChI is InChI=1S/C20H30O10/c21-12-9-28-19(17(25)14(12)22)29-10-13-15(23)16(24)18(26)20(30-13)27-8-4-7-11-5-2-1-3-6-11/h1-3,5-6,12-26H,4,7-10H2/t12-,13+,14-,15+,16-,17+,18+,19-,20+/m0/s1. The maximum atomic E-state index is 10.2. The van der Waals surface area contributed by atoms with Gasteiger partial charge in [-0.1, -0.05) is 30.3 Å². The van der Waals surface area contributed by atoms with Crippen molar-refractivity contribution >= 4 is 0 Å². The molecule has 2 heterocycles. The van der Waals surface area contributed by atoms with Gasteiger partial charge in [0, 0.05) is 0 Å². The van der Waals surface area contributed by atoms with E-state index >= 15 is 0 Å². The fraction of sp³-hybridized carbons (Fsp3) is 0.700. The molecule has 0 bridgehead atoms. The lowest BCUT2D eigenvalue weighted by Crippen LogP contribution is -2.60. The number of ether oxygens (including phenoxy) is 4. The molecule has 2 aliphatic rings. The van der Waals surface area contributed by atoms with Crippen LogP contribution in [0, 0.1) is 0 Å². The Hall–Kier alpha value is -1.18. The van der Waals surface area contributed by atoms with Crippen LogP contribution in [0.2, 0.25) is 0 Å². The highest BCUT2D eigenvalue weighted by molar-refractivity contribution is 5.14. The van der Waals surface area contributed by atoms with Gasteiger partial charge in [0.05, 0.1) is 19.8 Å². The van der Waals surface area contributed by atoms with Crippen LogP contribution in [0.25, 0.3) is 0 Å². The van der Waals surface area contributed by atoms with Gasteiger partial charge in [0.15, 0.2) is 12.6 Å². The van der Waals surface area contributed by atoms with Crippen molar-refractivity contribution < 1.29 is 49.6 Å². The van der Waals surface area contributed by atoms with Gasteiger partial charge in [-0.15, -0.1) is 0 Å². The molecule has 6 N–H and O–H groups in total. The molecule has 30 heavy (non-hydrogen) atoms. The quantitative estimate of drug-likeness (QED) is 0.252. The maximum Gasteiger partial charge on any atom is 0.186 e. The van der Waals surface area contributed by atoms with Crippen molar-refractivity contribution in [2.24, 2.45) is 0 Å². The smallest absolute Gasteiger partial charge is 0.186 e. The molecule has 2 aliphatic heterocycles. The Labute approximate surface area is 174 Å². The van der Waals surface area contributed by atoms with E-state index in [2.05, 4.69) is 0 Å². The molecule has 0 unspecified atom stereocenters. The fourth-order valence-electron chi connectivity index (χ4n) is 3.43. The topological polar surface area (TPSA) is 158 Å². The number of hydrogen-bond acceptors (Lipinski definition) is 10. The molecule has 0 aliphatic carbocycles. The molecule has 10 nitrogen and oxygen atoms in total. The van der Waals surface area contributed by atoms with Crippen LogP contribution in [0.5, 0.6) is 0 Å². The average Bonchev–Trinajstić information content (AvgIpc) is 2.76. The van der Waals surface area contributed by atoms with E-state index in [1.54, 1.807) is 0 Å². The van der Waals surface area contributed by atoms with Gasteiger partial charge < -0.3 is 49.6 Å². The second kappa shape index (κ2) is 10.9. The number of benzene rings is 1. The third-order valence-corrected chi connectivity index (χ3v) is 5.28. The Morgan fingerprint density at radius 2 is 1.50 bits per heavy atom. The lowest BCUT2D eigenvalue weighted by atomic mass is 9.99. The number of hydrogen-bond donors (Lipinski definition) is 6. The molecule has 0 radical (unpaired) electrons. The van der Waals surface area contributed by atoms with Gasteiger partial charge in [-0.25, -0.2) is 0 Å². The number of rotatable bonds is 8. The van der Waals surface area contributed by atoms with E-state index in [4.69, 9.17) is 18.9 Å². The summed E-state index contributed by atoms with van der Waals surface area (Å²) in [5.74, 6) is 0. The molecule has 2 fully saturated rings. The monoisotopic (exact) mass is 430 g/mol. The van der Waals surface area contributed by atoms with Crippen LogP contribution in [0.15, 0.2) is 30.3 Å². The fourth-order valence-corrected chi connectivity index (χ4v) is 3.43. The van der Waals surface area contributed by atoms with Gasteiger partial charge >= 0.3 is 0 Å². The van der Waals surface area contributed by atoms with Crippen molar-refractivity contribution in [2.45, 2.75) is 68.1 Å². The highest BCUT2D eigenvalue weighted by Crippen LogP contribution is 2.24. The van der Waals surface area contributed by atoms with Crippen LogP contribution in [-0.2, 0) is 25.4 Å². The van der Waals surface area contributed by atoms with Gasteiger partial charge in [-0.2, -0.15) is 0 Å². The van der Waals surface area contributed by atoms with Crippen molar-refractivity contribution in [2.75, 3.05) is 19.8 Å². The Kier molecular flexibility index (Phi) is 8.54. The Morgan fingerprint density at radius 1 is 0.800 bits per heavy atom. The molecule has 0 saturated carbocycles. The molecule has 1 aromatic rings. The molecule has 2 saturated heterocycles. The summed E-state index contributed by atoms with van der Waals surface area (Å²) in [5, 5.41) is 59.5. The van der Waals surface area contributed by atoms with Crippen LogP contribution in [0.1, 0.15) is 12.0 Å². The van der Waals surface area contributed by atoms with Crippen molar-refractivity contribution in [3.05, 3.63) is 35.9 Å². The summed E-state index contributed by atoms with van der Waals surface area (Å²) in [5.41, 5.74) is 1.14. The van der Waals surface area contributed by atoms with Crippen LogP contribution < -0.4 is 0 Å². The third-order valence-electron chi connectivity index (χ3n) is 5.28. The summed E-state index contributed by atoms with van der Waals surface area (Å²) in [6, 6.07) is 9.81. The summed E-state index contributed by atoms with van der Waals surface area (Å²) >= 11 is 0. The summed E-state index contributed by atoms with van der Waals surface area (Å²) in [6.07, 6.45) is -10.6. The number of aliphatic hydroxyl groups excluding tert-OH is 6. The van der Waals surface area contributed by atoms with Gasteiger partial charge in [-0.3, -0.25) is 0 Å². The zero-order valence-electron chi connectivity index (χ0n) is 16.4. The summed E-state index contributed by atoms with van der Waals surface area (Å²) in [4.78, 5) is 0. The van der Waals surface area contributed by atoms with Crippen molar-refractivity contribution in [3.8, 4) is 0 Å². The molecule has 170 valence electrons. The van der Waals surface area contributed by atoms with Gasteiger partial charge in [-0.05, 0) is 18.4 Å². The Bertz CT molecular complexity index is 631. The zero-order chi connectivity index (χ0) is 21.7. The van der Waals surface area contributed by atoms with Crippen molar-refractivity contribution in [3.63, 3.8) is 0 Å². The molecular weight excluding hydrogens is 400 g/mol. The van der Waals surface area contributed by atoms with Gasteiger partial charge in [0.2, 0.25) is 0 Å². The van der Waals surface area contributed by atoms with E-state index in [0.717, 1.165) is 12.0 Å². The van der Waals surface area contributed by atoms with Gasteiger partial charge in [0.25, 0.3) is 0 Å². The normalized spacial score (nSPS) is 39.7. The molecule has 0 spiro atoms. The number of aryl methyl sites for hydroxylation is 1. The van der Waals surface area contributed by atoms with Gasteiger partial charge in [0.1, 0.15) is 42.7 Å². The molecule has 3 rings (SSSR count). The Morgan fingerprint density at radius 3 is 2.23 bits per heavy atom. The molecule has 10 heteroatoms. The lowest BCUT2D eigenvalue weighted by molar-refractivity contribution is -0.320. The van der Waals surface area contributed by atoms with E-state index in [0.29, 0.717) is 6.42 Å². The van der Waals surface area contributed by atoms with Crippen molar-refractivity contribution in [1.29, 1.82) is 0 Å². The molecule has 0 amide bonds. The molecule has 1 aromatic carbocycles. The highest BCUT2D eigenvalue weighted by Gasteiger charge is 2.45. The SMILES string of the molecule is O[C@@H]1[C@@H](O)[C@H](OCCCc2ccccc2)O[C@H](CO[C@@H]2OC[C@H](O)[C@H](O)[C@H]2O)[C@H]1O. The molecule has 9 atom stereocenters. The van der Waals surface area contributed by atoms with E-state index in [9.17, 15) is 30.6 Å². The molecule has 0 aromatic heterocycles. The minimum Gasteiger partial charge on any atom is -0.388 e. The minimum atomic E-state index is -1.52. The predicted octanol–water partition coefficient (Wildman–Crippen LogP) is -2.10. The summed E-state index contributed by atoms with van der Waals surface area (Å²) < 4.78 is 21.6. The zero-order valence-corrected chi connectivity index (χ0v) is 16.4. The van der Waals surface area contributed by atoms with E-state index < -0.39 is 55.3 Å². The minimum absolute atomic E-state index is 0.231. The third kappa shape index (κ3) is 5.74. The van der Waals surface area contributed by atoms with E-state index in [-0.39, 0.29) is 19.8 Å². The van der Waals surface area contributed by atoms with Crippen LogP contribution in [0.3, 0.4) is 0 Å². The van der Waals surface area contributed by atoms with E-state index in [1.807, 2.05) is 30.3 Å². The maximum absolute atomic E-state index is 10.2. The van der Waals surface area contributed by atoms with Crippen molar-refractivity contribution in [1.82, 2.24) is 0 Å². The first-order valence-electron chi connectivity index (χ1n) is 10.0. The highest BCUT2D eigenvalue weighted by atomic mass is 16.7. The number of aliphatic hydroxyl groups is 6. The first-order valence-corrected chi connectivity index (χ1v) is 10.0. The summed E-state index contributed by atoms with van der Waals surface area (Å²) in [7, 11) is 0. The first kappa shape index (κ1) is 23.5. The lowest BCUT2D eigenvalue weighted by Gasteiger charge is -2.41. The second-order valence-corrected chi connectivity index (χ2v) is 7.56. The van der Waals surface area contributed by atoms with Crippen LogP contribution in [0.4, 0.5) is 0 Å². The Balaban J connectivity index is 1.47. The largest absolute Gasteiger partial charge is 0.388 e. The summed E-state index contributed by atoms with van der Waals surface area (Å²) in [6.45, 7) is -0.271. The van der Waals surface area contributed by atoms with E-state index in [1.165, 1.54) is 0 Å². The predicted molar refractivity (Wildman–Crippen MR) is 101 cm³/mol. The second-order valence-electron chi connectivity index (χ2n) is 7.56.